The lowest BCUT2D eigenvalue weighted by atomic mass is 9.88. The summed E-state index contributed by atoms with van der Waals surface area (Å²) in [5, 5.41) is 25.4. The summed E-state index contributed by atoms with van der Waals surface area (Å²) >= 11 is 6.07. The summed E-state index contributed by atoms with van der Waals surface area (Å²) in [7, 11) is 2.66. The van der Waals surface area contributed by atoms with Gasteiger partial charge < -0.3 is 29.9 Å². The SMILES string of the molecule is COC(=O)[C@@H]1Cc2ccc(O)c(c2)-c2cc(ccc2O)[C@H](N(C)C(=O)[C@H](CCCCCC(=O)OC(C)(C)C)CC(=O)c2ccc(-c3ccc(Cl)cc3)cc2)C(=O)C[C@@H](C)C(=O)N1. The number of fused-ring (bicyclic) bond motifs is 5. The molecule has 5 rings (SSSR count). The van der Waals surface area contributed by atoms with Crippen LogP contribution in [0.2, 0.25) is 5.02 Å². The summed E-state index contributed by atoms with van der Waals surface area (Å²) in [4.78, 5) is 83.3. The molecule has 1 aliphatic rings. The lowest BCUT2D eigenvalue weighted by Crippen LogP contribution is -2.46. The van der Waals surface area contributed by atoms with E-state index in [1.165, 1.54) is 43.3 Å². The zero-order chi connectivity index (χ0) is 45.3. The van der Waals surface area contributed by atoms with Crippen molar-refractivity contribution < 1.29 is 48.5 Å². The molecular formula is C49H55ClN2O10. The van der Waals surface area contributed by atoms with Crippen LogP contribution in [0, 0.1) is 11.8 Å². The van der Waals surface area contributed by atoms with Crippen LogP contribution < -0.4 is 5.32 Å². The van der Waals surface area contributed by atoms with E-state index in [0.717, 1.165) is 11.1 Å². The smallest absolute Gasteiger partial charge is 0.328 e. The van der Waals surface area contributed by atoms with Crippen LogP contribution >= 0.6 is 11.6 Å². The van der Waals surface area contributed by atoms with E-state index in [4.69, 9.17) is 21.1 Å². The van der Waals surface area contributed by atoms with Gasteiger partial charge in [-0.15, -0.1) is 0 Å². The first kappa shape index (κ1) is 47.0. The van der Waals surface area contributed by atoms with Crippen LogP contribution in [-0.4, -0.2) is 76.2 Å². The van der Waals surface area contributed by atoms with Crippen molar-refractivity contribution in [3.05, 3.63) is 107 Å². The number of ketones is 2. The average Bonchev–Trinajstić information content (AvgIpc) is 3.22. The predicted molar refractivity (Wildman–Crippen MR) is 235 cm³/mol. The Bertz CT molecular complexity index is 2280. The minimum atomic E-state index is -1.29. The maximum Gasteiger partial charge on any atom is 0.328 e. The van der Waals surface area contributed by atoms with Crippen molar-refractivity contribution in [2.45, 2.75) is 96.7 Å². The van der Waals surface area contributed by atoms with Crippen LogP contribution in [0.15, 0.2) is 84.9 Å². The molecule has 4 aromatic rings. The van der Waals surface area contributed by atoms with Crippen LogP contribution in [0.3, 0.4) is 0 Å². The molecule has 0 radical (unpaired) electrons. The van der Waals surface area contributed by atoms with Crippen molar-refractivity contribution >= 4 is 46.9 Å². The molecule has 0 saturated carbocycles. The van der Waals surface area contributed by atoms with Gasteiger partial charge in [0.25, 0.3) is 0 Å². The zero-order valence-corrected chi connectivity index (χ0v) is 36.8. The normalized spacial score (nSPS) is 17.2. The van der Waals surface area contributed by atoms with E-state index >= 15 is 0 Å². The number of carbonyl (C=O) groups is 6. The second-order valence-electron chi connectivity index (χ2n) is 16.9. The minimum absolute atomic E-state index is 0.000281. The number of phenols is 2. The van der Waals surface area contributed by atoms with Crippen molar-refractivity contribution in [3.8, 4) is 33.8 Å². The van der Waals surface area contributed by atoms with Gasteiger partial charge >= 0.3 is 11.9 Å². The number of amides is 2. The number of aromatic hydroxyl groups is 2. The number of esters is 2. The topological polar surface area (TPSA) is 177 Å². The number of nitrogens with one attached hydrogen (secondary N) is 1. The highest BCUT2D eigenvalue weighted by Gasteiger charge is 2.36. The van der Waals surface area contributed by atoms with Gasteiger partial charge in [0, 0.05) is 66.3 Å². The number of halogens is 1. The highest BCUT2D eigenvalue weighted by Crippen LogP contribution is 2.40. The molecule has 0 saturated heterocycles. The number of methoxy groups -OCH3 is 1. The van der Waals surface area contributed by atoms with Crippen LogP contribution in [0.1, 0.15) is 100 Å². The van der Waals surface area contributed by atoms with Gasteiger partial charge in [-0.05, 0) is 92.3 Å². The minimum Gasteiger partial charge on any atom is -0.507 e. The average molecular weight is 867 g/mol. The van der Waals surface area contributed by atoms with E-state index in [1.54, 1.807) is 64.1 Å². The Morgan fingerprint density at radius 1 is 0.839 bits per heavy atom. The predicted octanol–water partition coefficient (Wildman–Crippen LogP) is 8.58. The molecule has 62 heavy (non-hydrogen) atoms. The first-order chi connectivity index (χ1) is 29.3. The molecule has 328 valence electrons. The van der Waals surface area contributed by atoms with E-state index < -0.39 is 53.1 Å². The largest absolute Gasteiger partial charge is 0.507 e. The third kappa shape index (κ3) is 12.3. The fourth-order valence-corrected chi connectivity index (χ4v) is 7.80. The Morgan fingerprint density at radius 3 is 2.08 bits per heavy atom. The van der Waals surface area contributed by atoms with Crippen LogP contribution in [0.4, 0.5) is 0 Å². The Kier molecular flexibility index (Phi) is 15.7. The first-order valence-electron chi connectivity index (χ1n) is 20.8. The molecule has 4 bridgehead atoms. The van der Waals surface area contributed by atoms with Crippen molar-refractivity contribution in [2.24, 2.45) is 11.8 Å². The Morgan fingerprint density at radius 2 is 1.45 bits per heavy atom. The molecule has 0 aromatic heterocycles. The van der Waals surface area contributed by atoms with E-state index in [-0.39, 0.29) is 66.5 Å². The molecule has 3 N–H and O–H groups in total. The molecule has 0 unspecified atom stereocenters. The van der Waals surface area contributed by atoms with Crippen molar-refractivity contribution in [2.75, 3.05) is 14.2 Å². The second kappa shape index (κ2) is 20.7. The van der Waals surface area contributed by atoms with Crippen LogP contribution in [0.5, 0.6) is 11.5 Å². The van der Waals surface area contributed by atoms with E-state index in [9.17, 15) is 39.0 Å². The number of likely N-dealkylation sites (N-methyl/N-ethyl adjacent to an activating group) is 1. The molecule has 0 spiro atoms. The molecule has 0 fully saturated rings. The number of hydrogen-bond donors (Lipinski definition) is 3. The Labute approximate surface area is 367 Å². The van der Waals surface area contributed by atoms with Gasteiger partial charge in [0.05, 0.1) is 7.11 Å². The number of hydrogen-bond acceptors (Lipinski definition) is 10. The lowest BCUT2D eigenvalue weighted by molar-refractivity contribution is -0.155. The quantitative estimate of drug-likeness (QED) is 0.0670. The molecule has 4 aromatic carbocycles. The van der Waals surface area contributed by atoms with Crippen molar-refractivity contribution in [3.63, 3.8) is 0 Å². The van der Waals surface area contributed by atoms with Gasteiger partial charge in [-0.3, -0.25) is 24.0 Å². The molecule has 0 aliphatic carbocycles. The summed E-state index contributed by atoms with van der Waals surface area (Å²) in [5.41, 5.74) is 2.78. The maximum absolute atomic E-state index is 14.8. The third-order valence-electron chi connectivity index (χ3n) is 10.9. The monoisotopic (exact) mass is 866 g/mol. The summed E-state index contributed by atoms with van der Waals surface area (Å²) in [5.74, 6) is -5.13. The van der Waals surface area contributed by atoms with Gasteiger partial charge in [0.2, 0.25) is 11.8 Å². The Balaban J connectivity index is 1.48. The lowest BCUT2D eigenvalue weighted by Gasteiger charge is -2.32. The zero-order valence-electron chi connectivity index (χ0n) is 36.0. The fraction of sp³-hybridized carbons (Fsp3) is 0.388. The molecule has 1 heterocycles. The number of phenolic OH excluding ortho intramolecular Hbond substituents is 2. The van der Waals surface area contributed by atoms with Gasteiger partial charge in [0.1, 0.15) is 29.2 Å². The molecular weight excluding hydrogens is 812 g/mol. The second-order valence-corrected chi connectivity index (χ2v) is 17.4. The number of carbonyl (C=O) groups excluding carboxylic acids is 6. The maximum atomic E-state index is 14.8. The summed E-state index contributed by atoms with van der Waals surface area (Å²) in [6.07, 6.45) is 1.53. The fourth-order valence-electron chi connectivity index (χ4n) is 7.67. The number of rotatable bonds is 13. The standard InChI is InChI=1S/C49H55ClN2O10/c1-29-24-43(56)45(34-19-23-41(54)38(27-34)37-25-30(12-22-40(37)53)26-39(48(60)61-6)51-46(29)58)52(5)47(59)35(10-8-7-9-11-44(57)62-49(2,3)4)28-42(55)33-15-13-31(14-16-33)32-17-20-36(50)21-18-32/h12-23,25,27,29,35,39,45,53-54H,7-11,24,26,28H2,1-6H3,(H,51,58)/t29-,35-,39+,45+/m1/s1. The molecule has 2 amide bonds. The molecule has 1 aliphatic heterocycles. The number of unbranched alkanes of at least 4 members (excludes halogenated alkanes) is 2. The van der Waals surface area contributed by atoms with Gasteiger partial charge in [0.15, 0.2) is 11.6 Å². The summed E-state index contributed by atoms with van der Waals surface area (Å²) in [6.45, 7) is 6.94. The summed E-state index contributed by atoms with van der Waals surface area (Å²) in [6, 6.07) is 20.9. The number of ether oxygens (including phenoxy) is 2. The van der Waals surface area contributed by atoms with Gasteiger partial charge in [-0.1, -0.05) is 79.9 Å². The first-order valence-corrected chi connectivity index (χ1v) is 21.2. The van der Waals surface area contributed by atoms with E-state index in [0.29, 0.717) is 41.0 Å². The summed E-state index contributed by atoms with van der Waals surface area (Å²) < 4.78 is 10.4. The third-order valence-corrected chi connectivity index (χ3v) is 11.2. The molecule has 13 heteroatoms. The van der Waals surface area contributed by atoms with Crippen molar-refractivity contribution in [1.29, 1.82) is 0 Å². The van der Waals surface area contributed by atoms with E-state index in [2.05, 4.69) is 5.32 Å². The number of nitrogens with zero attached hydrogens (tertiary/aromatic N) is 1. The van der Waals surface area contributed by atoms with Crippen LogP contribution in [0.25, 0.3) is 22.3 Å². The molecule has 12 nitrogen and oxygen atoms in total. The molecule has 4 atom stereocenters. The van der Waals surface area contributed by atoms with Crippen molar-refractivity contribution in [1.82, 2.24) is 10.2 Å². The van der Waals surface area contributed by atoms with Gasteiger partial charge in [-0.2, -0.15) is 0 Å². The highest BCUT2D eigenvalue weighted by atomic mass is 35.5. The number of benzene rings is 4. The Hall–Kier alpha value is -6.01. The van der Waals surface area contributed by atoms with Gasteiger partial charge in [-0.25, -0.2) is 4.79 Å². The highest BCUT2D eigenvalue weighted by molar-refractivity contribution is 6.30. The van der Waals surface area contributed by atoms with Crippen LogP contribution in [-0.2, 0) is 39.9 Å². The van der Waals surface area contributed by atoms with E-state index in [1.807, 2.05) is 24.3 Å². The number of Topliss-reactive ketones (excluding diaryl/α,β-unsaturated/α-hetero) is 2.